The van der Waals surface area contributed by atoms with Crippen molar-refractivity contribution in [3.05, 3.63) is 66.6 Å². The number of hydrogen-bond donors (Lipinski definition) is 1. The number of hydrogen-bond acceptors (Lipinski definition) is 7. The van der Waals surface area contributed by atoms with Crippen molar-refractivity contribution in [2.24, 2.45) is 0 Å². The number of thiophene rings is 1. The lowest BCUT2D eigenvalue weighted by Gasteiger charge is -2.13. The standard InChI is InChI=1S/C22H20N4O4S/c1-10-12(3)31-20-17(10)19(27)24-18(25-20)11(2)30-22(29)13-6-7-14-15(9-13)23-16-5-4-8-26(16)21(14)28/h6-7,9,11H,4-5,8H2,1-3H3,(H,24,25,27)/t11-/m1/s1. The van der Waals surface area contributed by atoms with Gasteiger partial charge in [-0.3, -0.25) is 14.2 Å². The van der Waals surface area contributed by atoms with E-state index in [4.69, 9.17) is 4.74 Å². The van der Waals surface area contributed by atoms with Gasteiger partial charge in [-0.15, -0.1) is 11.3 Å². The zero-order valence-corrected chi connectivity index (χ0v) is 18.1. The molecule has 31 heavy (non-hydrogen) atoms. The quantitative estimate of drug-likeness (QED) is 0.495. The van der Waals surface area contributed by atoms with Gasteiger partial charge in [-0.1, -0.05) is 0 Å². The molecule has 0 unspecified atom stereocenters. The molecule has 0 saturated heterocycles. The van der Waals surface area contributed by atoms with E-state index in [0.29, 0.717) is 39.1 Å². The summed E-state index contributed by atoms with van der Waals surface area (Å²) in [6.45, 7) is 6.17. The first-order chi connectivity index (χ1) is 14.8. The smallest absolute Gasteiger partial charge is 0.338 e. The number of aryl methyl sites for hydroxylation is 3. The van der Waals surface area contributed by atoms with Crippen molar-refractivity contribution in [2.75, 3.05) is 0 Å². The molecule has 1 aromatic carbocycles. The number of benzene rings is 1. The number of nitrogens with zero attached hydrogens (tertiary/aromatic N) is 3. The summed E-state index contributed by atoms with van der Waals surface area (Å²) in [6.07, 6.45) is 0.894. The summed E-state index contributed by atoms with van der Waals surface area (Å²) in [5.74, 6) is 0.466. The van der Waals surface area contributed by atoms with Crippen LogP contribution in [0.1, 0.15) is 51.9 Å². The molecule has 158 valence electrons. The second kappa shape index (κ2) is 7.12. The number of aromatic nitrogens is 4. The lowest BCUT2D eigenvalue weighted by molar-refractivity contribution is 0.0320. The van der Waals surface area contributed by atoms with E-state index < -0.39 is 12.1 Å². The molecule has 9 heteroatoms. The number of carbonyl (C=O) groups excluding carboxylic acids is 1. The minimum atomic E-state index is -0.749. The fraction of sp³-hybridized carbons (Fsp3) is 0.318. The largest absolute Gasteiger partial charge is 0.451 e. The van der Waals surface area contributed by atoms with E-state index in [9.17, 15) is 14.4 Å². The molecule has 0 bridgehead atoms. The van der Waals surface area contributed by atoms with Crippen molar-refractivity contribution in [1.29, 1.82) is 0 Å². The van der Waals surface area contributed by atoms with Gasteiger partial charge in [0.15, 0.2) is 11.9 Å². The highest BCUT2D eigenvalue weighted by Crippen LogP contribution is 2.27. The van der Waals surface area contributed by atoms with Crippen molar-refractivity contribution >= 4 is 38.4 Å². The molecule has 1 N–H and O–H groups in total. The van der Waals surface area contributed by atoms with Gasteiger partial charge in [0.25, 0.3) is 11.1 Å². The maximum atomic E-state index is 12.7. The highest BCUT2D eigenvalue weighted by molar-refractivity contribution is 7.18. The van der Waals surface area contributed by atoms with Crippen LogP contribution in [0.5, 0.6) is 0 Å². The average Bonchev–Trinajstić information content (AvgIpc) is 3.32. The molecule has 8 nitrogen and oxygen atoms in total. The molecular weight excluding hydrogens is 416 g/mol. The molecule has 1 atom stereocenters. The SMILES string of the molecule is Cc1sc2nc([C@@H](C)OC(=O)c3ccc4c(=O)n5c(nc4c3)CCC5)[nH]c(=O)c2c1C. The maximum Gasteiger partial charge on any atom is 0.338 e. The highest BCUT2D eigenvalue weighted by Gasteiger charge is 2.21. The average molecular weight is 436 g/mol. The molecule has 0 radical (unpaired) electrons. The van der Waals surface area contributed by atoms with Crippen molar-refractivity contribution in [1.82, 2.24) is 19.5 Å². The zero-order valence-electron chi connectivity index (χ0n) is 17.3. The van der Waals surface area contributed by atoms with Crippen LogP contribution in [0.25, 0.3) is 21.1 Å². The summed E-state index contributed by atoms with van der Waals surface area (Å²) in [6, 6.07) is 4.75. The van der Waals surface area contributed by atoms with Crippen molar-refractivity contribution < 1.29 is 9.53 Å². The maximum absolute atomic E-state index is 12.7. The molecular formula is C22H20N4O4S. The first kappa shape index (κ1) is 19.6. The molecule has 1 aliphatic heterocycles. The Balaban J connectivity index is 1.45. The van der Waals surface area contributed by atoms with Gasteiger partial charge in [0.05, 0.1) is 21.9 Å². The van der Waals surface area contributed by atoms with Gasteiger partial charge in [-0.2, -0.15) is 0 Å². The summed E-state index contributed by atoms with van der Waals surface area (Å²) in [4.78, 5) is 51.3. The molecule has 0 fully saturated rings. The summed E-state index contributed by atoms with van der Waals surface area (Å²) in [5.41, 5.74) is 1.37. The number of esters is 1. The van der Waals surface area contributed by atoms with E-state index in [1.807, 2.05) is 13.8 Å². The number of H-pyrrole nitrogens is 1. The van der Waals surface area contributed by atoms with Crippen molar-refractivity contribution in [2.45, 2.75) is 46.3 Å². The third-order valence-corrected chi connectivity index (χ3v) is 6.88. The Labute approximate surface area is 180 Å². The number of aromatic amines is 1. The number of carbonyl (C=O) groups is 1. The second-order valence-electron chi connectivity index (χ2n) is 7.78. The first-order valence-electron chi connectivity index (χ1n) is 10.1. The number of nitrogens with one attached hydrogen (secondary N) is 1. The van der Waals surface area contributed by atoms with Gasteiger partial charge in [-0.25, -0.2) is 14.8 Å². The Hall–Kier alpha value is -3.33. The zero-order chi connectivity index (χ0) is 21.9. The van der Waals surface area contributed by atoms with E-state index in [1.165, 1.54) is 11.3 Å². The summed E-state index contributed by atoms with van der Waals surface area (Å²) in [5, 5.41) is 1.05. The van der Waals surface area contributed by atoms with Crippen LogP contribution in [-0.4, -0.2) is 25.5 Å². The van der Waals surface area contributed by atoms with Crippen LogP contribution in [0.2, 0.25) is 0 Å². The summed E-state index contributed by atoms with van der Waals surface area (Å²) >= 11 is 1.44. The van der Waals surface area contributed by atoms with Gasteiger partial charge >= 0.3 is 5.97 Å². The topological polar surface area (TPSA) is 107 Å². The van der Waals surface area contributed by atoms with Crippen LogP contribution in [0.4, 0.5) is 0 Å². The van der Waals surface area contributed by atoms with Crippen LogP contribution in [-0.2, 0) is 17.7 Å². The molecule has 5 rings (SSSR count). The fourth-order valence-corrected chi connectivity index (χ4v) is 5.00. The monoisotopic (exact) mass is 436 g/mol. The van der Waals surface area contributed by atoms with Gasteiger partial charge in [0.1, 0.15) is 10.7 Å². The predicted octanol–water partition coefficient (Wildman–Crippen LogP) is 3.18. The molecule has 1 aliphatic rings. The minimum Gasteiger partial charge on any atom is -0.451 e. The van der Waals surface area contributed by atoms with Crippen LogP contribution in [0, 0.1) is 13.8 Å². The normalized spacial score (nSPS) is 14.2. The molecule has 0 saturated carbocycles. The van der Waals surface area contributed by atoms with E-state index in [-0.39, 0.29) is 11.1 Å². The fourth-order valence-electron chi connectivity index (χ4n) is 3.96. The Morgan fingerprint density at radius 1 is 1.26 bits per heavy atom. The summed E-state index contributed by atoms with van der Waals surface area (Å²) < 4.78 is 7.25. The van der Waals surface area contributed by atoms with Crippen LogP contribution < -0.4 is 11.1 Å². The van der Waals surface area contributed by atoms with Crippen LogP contribution in [0.3, 0.4) is 0 Å². The molecule has 0 aliphatic carbocycles. The number of rotatable bonds is 3. The molecule has 4 aromatic rings. The van der Waals surface area contributed by atoms with Gasteiger partial charge in [0.2, 0.25) is 0 Å². The highest BCUT2D eigenvalue weighted by atomic mass is 32.1. The van der Waals surface area contributed by atoms with E-state index in [1.54, 1.807) is 29.7 Å². The van der Waals surface area contributed by atoms with E-state index >= 15 is 0 Å². The van der Waals surface area contributed by atoms with E-state index in [2.05, 4.69) is 15.0 Å². The lowest BCUT2D eigenvalue weighted by Crippen LogP contribution is -2.21. The van der Waals surface area contributed by atoms with Gasteiger partial charge in [0, 0.05) is 17.8 Å². The van der Waals surface area contributed by atoms with Crippen LogP contribution in [0.15, 0.2) is 27.8 Å². The number of fused-ring (bicyclic) bond motifs is 3. The van der Waals surface area contributed by atoms with Crippen LogP contribution >= 0.6 is 11.3 Å². The van der Waals surface area contributed by atoms with Crippen molar-refractivity contribution in [3.63, 3.8) is 0 Å². The van der Waals surface area contributed by atoms with Crippen molar-refractivity contribution in [3.8, 4) is 0 Å². The lowest BCUT2D eigenvalue weighted by atomic mass is 10.1. The Morgan fingerprint density at radius 2 is 2.06 bits per heavy atom. The van der Waals surface area contributed by atoms with Gasteiger partial charge < -0.3 is 9.72 Å². The molecule has 4 heterocycles. The van der Waals surface area contributed by atoms with E-state index in [0.717, 1.165) is 29.1 Å². The number of ether oxygens (including phenoxy) is 1. The predicted molar refractivity (Wildman–Crippen MR) is 118 cm³/mol. The molecule has 3 aromatic heterocycles. The first-order valence-corrected chi connectivity index (χ1v) is 10.9. The third kappa shape index (κ3) is 3.16. The second-order valence-corrected chi connectivity index (χ2v) is 8.99. The Morgan fingerprint density at radius 3 is 2.87 bits per heavy atom. The molecule has 0 spiro atoms. The Bertz CT molecular complexity index is 1500. The molecule has 0 amide bonds. The Kier molecular flexibility index (Phi) is 4.51. The summed E-state index contributed by atoms with van der Waals surface area (Å²) in [7, 11) is 0. The van der Waals surface area contributed by atoms with Gasteiger partial charge in [-0.05, 0) is 51.0 Å². The minimum absolute atomic E-state index is 0.0811. The third-order valence-electron chi connectivity index (χ3n) is 5.78.